The fourth-order valence-corrected chi connectivity index (χ4v) is 1.21. The van der Waals surface area contributed by atoms with Crippen LogP contribution in [0.25, 0.3) is 0 Å². The van der Waals surface area contributed by atoms with Crippen molar-refractivity contribution < 1.29 is 13.5 Å². The van der Waals surface area contributed by atoms with Gasteiger partial charge in [0.15, 0.2) is 11.6 Å². The molecule has 90 valence electrons. The Balaban J connectivity index is 2.29. The molecule has 0 saturated carbocycles. The minimum atomic E-state index is -0.537. The van der Waals surface area contributed by atoms with Gasteiger partial charge in [0, 0.05) is 12.6 Å². The number of hydrogen-bond donors (Lipinski definition) is 1. The predicted molar refractivity (Wildman–Crippen MR) is 59.6 cm³/mol. The molecule has 4 heteroatoms. The van der Waals surface area contributed by atoms with Gasteiger partial charge in [0.25, 0.3) is 0 Å². The fourth-order valence-electron chi connectivity index (χ4n) is 1.21. The van der Waals surface area contributed by atoms with E-state index in [4.69, 9.17) is 4.74 Å². The van der Waals surface area contributed by atoms with Crippen molar-refractivity contribution in [3.63, 3.8) is 0 Å². The normalized spacial score (nSPS) is 10.8. The Labute approximate surface area is 94.6 Å². The SMILES string of the molecule is CC(C)CNCCOc1cc(F)ccc1F. The standard InChI is InChI=1S/C12H17F2NO/c1-9(2)8-15-5-6-16-12-7-10(13)3-4-11(12)14/h3-4,7,9,15H,5-6,8H2,1-2H3. The molecule has 0 atom stereocenters. The van der Waals surface area contributed by atoms with E-state index in [0.29, 0.717) is 19.1 Å². The summed E-state index contributed by atoms with van der Waals surface area (Å²) in [6, 6.07) is 3.18. The highest BCUT2D eigenvalue weighted by Crippen LogP contribution is 2.17. The van der Waals surface area contributed by atoms with Gasteiger partial charge >= 0.3 is 0 Å². The van der Waals surface area contributed by atoms with Crippen LogP contribution in [-0.2, 0) is 0 Å². The summed E-state index contributed by atoms with van der Waals surface area (Å²) < 4.78 is 31.0. The van der Waals surface area contributed by atoms with Crippen molar-refractivity contribution >= 4 is 0 Å². The van der Waals surface area contributed by atoms with E-state index in [9.17, 15) is 8.78 Å². The third-order valence-electron chi connectivity index (χ3n) is 1.98. The maximum absolute atomic E-state index is 13.1. The summed E-state index contributed by atoms with van der Waals surface area (Å²) in [4.78, 5) is 0. The molecule has 2 nitrogen and oxygen atoms in total. The van der Waals surface area contributed by atoms with Crippen LogP contribution in [0.15, 0.2) is 18.2 Å². The lowest BCUT2D eigenvalue weighted by atomic mass is 10.2. The molecule has 1 aromatic rings. The van der Waals surface area contributed by atoms with E-state index in [-0.39, 0.29) is 5.75 Å². The van der Waals surface area contributed by atoms with Crippen molar-refractivity contribution in [3.8, 4) is 5.75 Å². The molecule has 0 aliphatic carbocycles. The number of ether oxygens (including phenoxy) is 1. The van der Waals surface area contributed by atoms with Crippen LogP contribution in [0.2, 0.25) is 0 Å². The number of hydrogen-bond acceptors (Lipinski definition) is 2. The number of nitrogens with one attached hydrogen (secondary N) is 1. The molecule has 0 aromatic heterocycles. The maximum atomic E-state index is 13.1. The Hall–Kier alpha value is -1.16. The van der Waals surface area contributed by atoms with E-state index in [0.717, 1.165) is 24.7 Å². The minimum Gasteiger partial charge on any atom is -0.489 e. The van der Waals surface area contributed by atoms with Gasteiger partial charge in [-0.3, -0.25) is 0 Å². The van der Waals surface area contributed by atoms with E-state index in [2.05, 4.69) is 19.2 Å². The molecule has 0 heterocycles. The third kappa shape index (κ3) is 4.57. The summed E-state index contributed by atoms with van der Waals surface area (Å²) in [7, 11) is 0. The molecule has 1 aromatic carbocycles. The summed E-state index contributed by atoms with van der Waals surface area (Å²) in [5.74, 6) is -0.506. The first-order chi connectivity index (χ1) is 7.59. The average molecular weight is 229 g/mol. The van der Waals surface area contributed by atoms with Crippen LogP contribution in [0, 0.1) is 17.6 Å². The number of benzene rings is 1. The first-order valence-corrected chi connectivity index (χ1v) is 5.38. The molecule has 0 aliphatic heterocycles. The summed E-state index contributed by atoms with van der Waals surface area (Å²) >= 11 is 0. The van der Waals surface area contributed by atoms with Crippen molar-refractivity contribution in [1.29, 1.82) is 0 Å². The summed E-state index contributed by atoms with van der Waals surface area (Å²) in [5, 5.41) is 3.15. The van der Waals surface area contributed by atoms with Gasteiger partial charge in [0.05, 0.1) is 0 Å². The first kappa shape index (κ1) is 12.9. The quantitative estimate of drug-likeness (QED) is 0.757. The van der Waals surface area contributed by atoms with Crippen LogP contribution in [0.5, 0.6) is 5.75 Å². The highest BCUT2D eigenvalue weighted by molar-refractivity contribution is 5.24. The summed E-state index contributed by atoms with van der Waals surface area (Å²) in [6.07, 6.45) is 0. The van der Waals surface area contributed by atoms with Gasteiger partial charge in [-0.25, -0.2) is 8.78 Å². The topological polar surface area (TPSA) is 21.3 Å². The lowest BCUT2D eigenvalue weighted by molar-refractivity contribution is 0.294. The van der Waals surface area contributed by atoms with E-state index in [1.807, 2.05) is 0 Å². The second kappa shape index (κ2) is 6.43. The lowest BCUT2D eigenvalue weighted by Crippen LogP contribution is -2.25. The Morgan fingerprint density at radius 1 is 1.31 bits per heavy atom. The van der Waals surface area contributed by atoms with Crippen LogP contribution in [0.1, 0.15) is 13.8 Å². The monoisotopic (exact) mass is 229 g/mol. The molecular formula is C12H17F2NO. The molecule has 1 rings (SSSR count). The molecule has 16 heavy (non-hydrogen) atoms. The van der Waals surface area contributed by atoms with Crippen LogP contribution in [0.4, 0.5) is 8.78 Å². The molecule has 0 spiro atoms. The summed E-state index contributed by atoms with van der Waals surface area (Å²) in [5.41, 5.74) is 0. The Bertz CT molecular complexity index is 329. The molecule has 0 amide bonds. The molecule has 1 N–H and O–H groups in total. The van der Waals surface area contributed by atoms with Gasteiger partial charge < -0.3 is 10.1 Å². The maximum Gasteiger partial charge on any atom is 0.165 e. The minimum absolute atomic E-state index is 0.0358. The largest absolute Gasteiger partial charge is 0.489 e. The van der Waals surface area contributed by atoms with Crippen molar-refractivity contribution in [2.45, 2.75) is 13.8 Å². The van der Waals surface area contributed by atoms with E-state index in [1.165, 1.54) is 0 Å². The van der Waals surface area contributed by atoms with Gasteiger partial charge in [-0.1, -0.05) is 13.8 Å². The molecule has 0 saturated heterocycles. The first-order valence-electron chi connectivity index (χ1n) is 5.38. The zero-order valence-electron chi connectivity index (χ0n) is 9.59. The average Bonchev–Trinajstić information content (AvgIpc) is 2.22. The van der Waals surface area contributed by atoms with Crippen molar-refractivity contribution in [2.24, 2.45) is 5.92 Å². The number of rotatable bonds is 6. The fraction of sp³-hybridized carbons (Fsp3) is 0.500. The van der Waals surface area contributed by atoms with Crippen LogP contribution < -0.4 is 10.1 Å². The predicted octanol–water partition coefficient (Wildman–Crippen LogP) is 2.59. The molecule has 0 fully saturated rings. The Kier molecular flexibility index (Phi) is 5.19. The van der Waals surface area contributed by atoms with Crippen LogP contribution in [-0.4, -0.2) is 19.7 Å². The molecule has 0 aliphatic rings. The molecule has 0 bridgehead atoms. The second-order valence-corrected chi connectivity index (χ2v) is 4.02. The van der Waals surface area contributed by atoms with Crippen LogP contribution >= 0.6 is 0 Å². The van der Waals surface area contributed by atoms with Gasteiger partial charge in [-0.15, -0.1) is 0 Å². The van der Waals surface area contributed by atoms with E-state index in [1.54, 1.807) is 0 Å². The van der Waals surface area contributed by atoms with Gasteiger partial charge in [-0.2, -0.15) is 0 Å². The third-order valence-corrected chi connectivity index (χ3v) is 1.98. The number of halogens is 2. The zero-order valence-corrected chi connectivity index (χ0v) is 9.59. The Morgan fingerprint density at radius 3 is 2.75 bits per heavy atom. The smallest absolute Gasteiger partial charge is 0.165 e. The van der Waals surface area contributed by atoms with Crippen molar-refractivity contribution in [2.75, 3.05) is 19.7 Å². The van der Waals surface area contributed by atoms with Gasteiger partial charge in [-0.05, 0) is 24.6 Å². The lowest BCUT2D eigenvalue weighted by Gasteiger charge is -2.09. The zero-order chi connectivity index (χ0) is 12.0. The van der Waals surface area contributed by atoms with E-state index >= 15 is 0 Å². The van der Waals surface area contributed by atoms with E-state index < -0.39 is 11.6 Å². The molecule has 0 unspecified atom stereocenters. The van der Waals surface area contributed by atoms with Crippen molar-refractivity contribution in [3.05, 3.63) is 29.8 Å². The Morgan fingerprint density at radius 2 is 2.06 bits per heavy atom. The highest BCUT2D eigenvalue weighted by Gasteiger charge is 2.04. The highest BCUT2D eigenvalue weighted by atomic mass is 19.1. The van der Waals surface area contributed by atoms with Crippen LogP contribution in [0.3, 0.4) is 0 Å². The van der Waals surface area contributed by atoms with Gasteiger partial charge in [0.1, 0.15) is 12.4 Å². The molecular weight excluding hydrogens is 212 g/mol. The summed E-state index contributed by atoms with van der Waals surface area (Å²) in [6.45, 7) is 6.02. The molecule has 0 radical (unpaired) electrons. The van der Waals surface area contributed by atoms with Gasteiger partial charge in [0.2, 0.25) is 0 Å². The second-order valence-electron chi connectivity index (χ2n) is 4.02. The van der Waals surface area contributed by atoms with Crippen molar-refractivity contribution in [1.82, 2.24) is 5.32 Å².